The third-order valence-electron chi connectivity index (χ3n) is 13.3. The van der Waals surface area contributed by atoms with Gasteiger partial charge in [0.1, 0.15) is 49.0 Å². The maximum absolute atomic E-state index is 13.7. The predicted molar refractivity (Wildman–Crippen MR) is 242 cm³/mol. The first-order valence-electron chi connectivity index (χ1n) is 22.7. The highest BCUT2D eigenvalue weighted by atomic mass is 127. The second-order valence-electron chi connectivity index (χ2n) is 18.8. The molecule has 4 rings (SSSR count). The molecule has 18 heteroatoms. The molecule has 0 radical (unpaired) electrons. The van der Waals surface area contributed by atoms with Crippen LogP contribution in [0.2, 0.25) is 0 Å². The summed E-state index contributed by atoms with van der Waals surface area (Å²) in [6, 6.07) is -0.705. The van der Waals surface area contributed by atoms with Crippen LogP contribution in [0.5, 0.6) is 0 Å². The number of methoxy groups -OCH3 is 2. The van der Waals surface area contributed by atoms with E-state index in [0.29, 0.717) is 6.42 Å². The van der Waals surface area contributed by atoms with E-state index < -0.39 is 119 Å². The molecule has 0 bridgehead atoms. The number of allylic oxidation sites excluding steroid dienone is 3. The van der Waals surface area contributed by atoms with Gasteiger partial charge >= 0.3 is 5.97 Å². The number of carbonyl (C=O) groups is 3. The SMILES string of the molecule is CC[C@H]1OC(=O)CC[C@H](C)[C@@H](O[C@@H]2O[C@H](C)[C@@H](O[C@@]3(I)CC(C)(O)[C@@H](O)C(C)O3)C(N(C)C)C2O)[C@@H](CC=O)C[C@@H](C)C(=O)/C=C/C(C)=C/[C@@H]1COC1OC(C)[C@@H](O)C(OC)C1OC. The molecule has 0 aromatic rings. The van der Waals surface area contributed by atoms with Gasteiger partial charge in [-0.1, -0.05) is 38.5 Å². The number of nitrogens with zero attached hydrogens (tertiary/aromatic N) is 1. The second kappa shape index (κ2) is 24.2. The highest BCUT2D eigenvalue weighted by Gasteiger charge is 2.56. The molecule has 3 saturated heterocycles. The van der Waals surface area contributed by atoms with Gasteiger partial charge in [-0.05, 0) is 108 Å². The number of likely N-dealkylation sites (N-methyl/N-ethyl adjacent to an activating group) is 1. The molecule has 0 amide bonds. The number of aliphatic hydroxyl groups is 4. The lowest BCUT2D eigenvalue weighted by Crippen LogP contribution is -2.66. The van der Waals surface area contributed by atoms with Crippen LogP contribution in [0.15, 0.2) is 23.8 Å². The summed E-state index contributed by atoms with van der Waals surface area (Å²) in [6.07, 6.45) is -4.16. The van der Waals surface area contributed by atoms with Crippen molar-refractivity contribution < 1.29 is 77.4 Å². The number of carbonyl (C=O) groups excluding carboxylic acids is 3. The van der Waals surface area contributed by atoms with E-state index in [1.807, 2.05) is 49.4 Å². The second-order valence-corrected chi connectivity index (χ2v) is 20.4. The third-order valence-corrected chi connectivity index (χ3v) is 14.2. The van der Waals surface area contributed by atoms with E-state index in [1.165, 1.54) is 27.2 Å². The topological polar surface area (TPSA) is 218 Å². The van der Waals surface area contributed by atoms with Crippen molar-refractivity contribution in [3.63, 3.8) is 0 Å². The summed E-state index contributed by atoms with van der Waals surface area (Å²) in [5.74, 6) is -2.46. The number of hydrogen-bond acceptors (Lipinski definition) is 17. The summed E-state index contributed by atoms with van der Waals surface area (Å²) < 4.78 is 54.1. The van der Waals surface area contributed by atoms with E-state index in [2.05, 4.69) is 0 Å². The Morgan fingerprint density at radius 3 is 2.17 bits per heavy atom. The lowest BCUT2D eigenvalue weighted by molar-refractivity contribution is -0.346. The van der Waals surface area contributed by atoms with Crippen LogP contribution in [0.4, 0.5) is 0 Å². The van der Waals surface area contributed by atoms with Gasteiger partial charge in [-0.3, -0.25) is 9.59 Å². The van der Waals surface area contributed by atoms with Gasteiger partial charge < -0.3 is 72.8 Å². The van der Waals surface area contributed by atoms with Crippen LogP contribution in [0, 0.1) is 23.7 Å². The number of rotatable bonds is 13. The quantitative estimate of drug-likeness (QED) is 0.0897. The number of aliphatic hydroxyl groups excluding tert-OH is 3. The van der Waals surface area contributed by atoms with E-state index in [9.17, 15) is 34.8 Å². The Bertz CT molecular complexity index is 1580. The molecular formula is C46H76INO16. The van der Waals surface area contributed by atoms with Gasteiger partial charge in [0.15, 0.2) is 18.4 Å². The standard InChI is InChI=1S/C46H76INO16/c1-13-33-31(22-58-44-41(57-12)40(56-11)36(52)27(5)59-44)20-24(2)14-16-32(50)26(4)21-30(18-19-49)38(25(3)15-17-34(51)61-33)62-43-37(53)35(48(9)10)39(28(6)60-43)64-46(47)23-45(8,55)42(54)29(7)63-46/h14,16,19-20,25-31,33,35-44,52-55H,13,15,17-18,21-23H2,1-12H3/b16-14+,24-20+/t25-,26+,27?,28+,29?,30-,31+,33+,35?,36+,37?,38+,39+,40?,41?,42-,43-,44?,45?,46+/m0/s1. The number of ketones is 1. The van der Waals surface area contributed by atoms with Crippen LogP contribution in [-0.2, 0) is 57.0 Å². The zero-order valence-electron chi connectivity index (χ0n) is 39.7. The summed E-state index contributed by atoms with van der Waals surface area (Å²) in [5.41, 5.74) is -0.775. The highest BCUT2D eigenvalue weighted by Crippen LogP contribution is 2.44. The summed E-state index contributed by atoms with van der Waals surface area (Å²) in [6.45, 7) is 14.2. The lowest BCUT2D eigenvalue weighted by Gasteiger charge is -2.52. The normalized spacial score (nSPS) is 45.9. The number of cyclic esters (lactones) is 1. The van der Waals surface area contributed by atoms with Crippen molar-refractivity contribution in [3.05, 3.63) is 23.8 Å². The molecule has 4 N–H and O–H groups in total. The average Bonchev–Trinajstić information content (AvgIpc) is 3.22. The van der Waals surface area contributed by atoms with Crippen molar-refractivity contribution in [1.29, 1.82) is 0 Å². The lowest BCUT2D eigenvalue weighted by atomic mass is 9.80. The number of hydrogen-bond donors (Lipinski definition) is 4. The highest BCUT2D eigenvalue weighted by molar-refractivity contribution is 14.1. The van der Waals surface area contributed by atoms with E-state index in [4.69, 9.17) is 42.6 Å². The number of esters is 1. The maximum Gasteiger partial charge on any atom is 0.306 e. The molecule has 8 unspecified atom stereocenters. The van der Waals surface area contributed by atoms with Gasteiger partial charge in [0, 0.05) is 45.3 Å². The first-order chi connectivity index (χ1) is 30.0. The monoisotopic (exact) mass is 1030 g/mol. The Morgan fingerprint density at radius 2 is 1.58 bits per heavy atom. The summed E-state index contributed by atoms with van der Waals surface area (Å²) in [7, 11) is 6.55. The van der Waals surface area contributed by atoms with E-state index in [-0.39, 0.29) is 50.4 Å². The van der Waals surface area contributed by atoms with Crippen LogP contribution in [0.1, 0.15) is 93.9 Å². The molecule has 0 aromatic carbocycles. The number of ether oxygens (including phenoxy) is 9. The minimum atomic E-state index is -1.51. The molecule has 368 valence electrons. The summed E-state index contributed by atoms with van der Waals surface area (Å²) >= 11 is 1.98. The Kier molecular flexibility index (Phi) is 20.8. The van der Waals surface area contributed by atoms with Crippen LogP contribution in [0.25, 0.3) is 0 Å². The molecule has 17 nitrogen and oxygen atoms in total. The summed E-state index contributed by atoms with van der Waals surface area (Å²) in [4.78, 5) is 41.6. The van der Waals surface area contributed by atoms with Gasteiger partial charge in [-0.15, -0.1) is 0 Å². The Balaban J connectivity index is 1.60. The number of aldehydes is 1. The van der Waals surface area contributed by atoms with Crippen molar-refractivity contribution in [1.82, 2.24) is 4.90 Å². The molecule has 4 aliphatic rings. The molecule has 3 fully saturated rings. The molecule has 0 saturated carbocycles. The first kappa shape index (κ1) is 55.1. The molecule has 4 heterocycles. The van der Waals surface area contributed by atoms with E-state index >= 15 is 0 Å². The fourth-order valence-electron chi connectivity index (χ4n) is 9.59. The number of alkyl halides is 1. The molecule has 4 aliphatic heterocycles. The Labute approximate surface area is 392 Å². The summed E-state index contributed by atoms with van der Waals surface area (Å²) in [5, 5.41) is 44.3. The molecule has 0 spiro atoms. The van der Waals surface area contributed by atoms with Crippen LogP contribution in [0.3, 0.4) is 0 Å². The molecular weight excluding hydrogens is 949 g/mol. The minimum absolute atomic E-state index is 0.00770. The molecule has 64 heavy (non-hydrogen) atoms. The molecule has 0 aliphatic carbocycles. The predicted octanol–water partition coefficient (Wildman–Crippen LogP) is 3.63. The van der Waals surface area contributed by atoms with Crippen LogP contribution < -0.4 is 0 Å². The Hall–Kier alpha value is -1.50. The smallest absolute Gasteiger partial charge is 0.306 e. The van der Waals surface area contributed by atoms with Gasteiger partial charge in [-0.25, -0.2) is 0 Å². The van der Waals surface area contributed by atoms with E-state index in [0.717, 1.165) is 11.9 Å². The zero-order chi connectivity index (χ0) is 47.8. The third kappa shape index (κ3) is 13.8. The van der Waals surface area contributed by atoms with Crippen molar-refractivity contribution in [2.24, 2.45) is 23.7 Å². The average molecular weight is 1030 g/mol. The largest absolute Gasteiger partial charge is 0.462 e. The van der Waals surface area contributed by atoms with Crippen molar-refractivity contribution >= 4 is 40.6 Å². The Morgan fingerprint density at radius 1 is 0.922 bits per heavy atom. The first-order valence-corrected chi connectivity index (χ1v) is 23.7. The molecule has 0 aromatic heterocycles. The zero-order valence-corrected chi connectivity index (χ0v) is 41.8. The maximum atomic E-state index is 13.7. The van der Waals surface area contributed by atoms with Gasteiger partial charge in [0.25, 0.3) is 0 Å². The van der Waals surface area contributed by atoms with Gasteiger partial charge in [-0.2, -0.15) is 0 Å². The van der Waals surface area contributed by atoms with Gasteiger partial charge in [0.2, 0.25) is 3.79 Å². The van der Waals surface area contributed by atoms with Crippen molar-refractivity contribution in [2.45, 2.75) is 189 Å². The number of halogens is 1. The fourth-order valence-corrected chi connectivity index (χ4v) is 11.1. The van der Waals surface area contributed by atoms with Crippen molar-refractivity contribution in [2.75, 3.05) is 34.9 Å². The molecule has 20 atom stereocenters. The van der Waals surface area contributed by atoms with Gasteiger partial charge in [0.05, 0.1) is 42.7 Å². The van der Waals surface area contributed by atoms with Crippen molar-refractivity contribution in [3.8, 4) is 0 Å². The van der Waals surface area contributed by atoms with E-state index in [1.54, 1.807) is 52.8 Å². The van der Waals surface area contributed by atoms with Crippen LogP contribution in [-0.4, -0.2) is 173 Å². The van der Waals surface area contributed by atoms with Crippen LogP contribution >= 0.6 is 22.6 Å². The minimum Gasteiger partial charge on any atom is -0.462 e. The fraction of sp³-hybridized carbons (Fsp3) is 0.848.